The molecule has 2 N–H and O–H groups in total. The lowest BCUT2D eigenvalue weighted by Crippen LogP contribution is -2.26. The molecule has 0 saturated carbocycles. The molecule has 1 amide bonds. The number of carbonyl (C=O) groups excluding carboxylic acids is 1. The van der Waals surface area contributed by atoms with Gasteiger partial charge in [0.1, 0.15) is 0 Å². The van der Waals surface area contributed by atoms with Gasteiger partial charge in [0.15, 0.2) is 0 Å². The van der Waals surface area contributed by atoms with Crippen LogP contribution in [-0.2, 0) is 4.79 Å². The Bertz CT molecular complexity index is 390. The standard InChI is InChI=1S/C12H16BrNO2S/c1-9(6-7-15)8-14-12(16)5-3-10-2-4-11(13)17-10/h2-5,9,15H,6-8H2,1H3,(H,14,16)/b5-3+. The van der Waals surface area contributed by atoms with Gasteiger partial charge in [-0.1, -0.05) is 6.92 Å². The zero-order chi connectivity index (χ0) is 12.7. The van der Waals surface area contributed by atoms with Crippen LogP contribution in [0.25, 0.3) is 6.08 Å². The Labute approximate surface area is 114 Å². The van der Waals surface area contributed by atoms with E-state index < -0.39 is 0 Å². The van der Waals surface area contributed by atoms with Crippen LogP contribution in [0.5, 0.6) is 0 Å². The van der Waals surface area contributed by atoms with Gasteiger partial charge in [-0.25, -0.2) is 0 Å². The molecular formula is C12H16BrNO2S. The largest absolute Gasteiger partial charge is 0.396 e. The van der Waals surface area contributed by atoms with Gasteiger partial charge < -0.3 is 10.4 Å². The minimum Gasteiger partial charge on any atom is -0.396 e. The molecule has 0 saturated heterocycles. The molecule has 5 heteroatoms. The Morgan fingerprint density at radius 2 is 2.41 bits per heavy atom. The molecule has 1 aromatic heterocycles. The normalized spacial score (nSPS) is 12.9. The first-order chi connectivity index (χ1) is 8.11. The molecule has 1 aromatic rings. The molecule has 0 radical (unpaired) electrons. The number of carbonyl (C=O) groups is 1. The van der Waals surface area contributed by atoms with Crippen LogP contribution < -0.4 is 5.32 Å². The molecule has 1 heterocycles. The lowest BCUT2D eigenvalue weighted by molar-refractivity contribution is -0.116. The smallest absolute Gasteiger partial charge is 0.244 e. The third-order valence-corrected chi connectivity index (χ3v) is 3.83. The van der Waals surface area contributed by atoms with E-state index in [0.29, 0.717) is 18.9 Å². The fourth-order valence-electron chi connectivity index (χ4n) is 1.23. The van der Waals surface area contributed by atoms with Crippen LogP contribution in [0.1, 0.15) is 18.2 Å². The van der Waals surface area contributed by atoms with E-state index in [-0.39, 0.29) is 12.5 Å². The highest BCUT2D eigenvalue weighted by Crippen LogP contribution is 2.22. The van der Waals surface area contributed by atoms with Gasteiger partial charge in [-0.3, -0.25) is 4.79 Å². The highest BCUT2D eigenvalue weighted by molar-refractivity contribution is 9.11. The van der Waals surface area contributed by atoms with E-state index in [1.54, 1.807) is 17.4 Å². The van der Waals surface area contributed by atoms with Crippen molar-refractivity contribution in [3.05, 3.63) is 26.9 Å². The van der Waals surface area contributed by atoms with E-state index in [2.05, 4.69) is 21.2 Å². The van der Waals surface area contributed by atoms with Crippen molar-refractivity contribution in [3.8, 4) is 0 Å². The first kappa shape index (κ1) is 14.4. The third-order valence-electron chi connectivity index (χ3n) is 2.24. The molecular weight excluding hydrogens is 302 g/mol. The summed E-state index contributed by atoms with van der Waals surface area (Å²) in [5.41, 5.74) is 0. The van der Waals surface area contributed by atoms with Crippen LogP contribution in [0.15, 0.2) is 22.0 Å². The zero-order valence-corrected chi connectivity index (χ0v) is 12.1. The van der Waals surface area contributed by atoms with E-state index >= 15 is 0 Å². The van der Waals surface area contributed by atoms with Crippen LogP contribution in [0.2, 0.25) is 0 Å². The molecule has 0 fully saturated rings. The highest BCUT2D eigenvalue weighted by atomic mass is 79.9. The van der Waals surface area contributed by atoms with Gasteiger partial charge in [0, 0.05) is 24.1 Å². The van der Waals surface area contributed by atoms with Crippen LogP contribution in [0.3, 0.4) is 0 Å². The number of hydrogen-bond acceptors (Lipinski definition) is 3. The Hall–Kier alpha value is -0.650. The molecule has 0 aliphatic carbocycles. The minimum absolute atomic E-state index is 0.0979. The molecule has 3 nitrogen and oxygen atoms in total. The Balaban J connectivity index is 2.32. The first-order valence-electron chi connectivity index (χ1n) is 5.44. The maximum absolute atomic E-state index is 11.5. The molecule has 94 valence electrons. The topological polar surface area (TPSA) is 49.3 Å². The average Bonchev–Trinajstić information content (AvgIpc) is 2.70. The Kier molecular flexibility index (Phi) is 6.47. The summed E-state index contributed by atoms with van der Waals surface area (Å²) in [6, 6.07) is 3.90. The van der Waals surface area contributed by atoms with E-state index in [9.17, 15) is 4.79 Å². The van der Waals surface area contributed by atoms with Crippen molar-refractivity contribution in [2.75, 3.05) is 13.2 Å². The van der Waals surface area contributed by atoms with Crippen LogP contribution in [-0.4, -0.2) is 24.2 Å². The second-order valence-electron chi connectivity index (χ2n) is 3.84. The summed E-state index contributed by atoms with van der Waals surface area (Å²) in [5, 5.41) is 11.5. The number of aliphatic hydroxyl groups is 1. The van der Waals surface area contributed by atoms with Crippen LogP contribution in [0.4, 0.5) is 0 Å². The van der Waals surface area contributed by atoms with Gasteiger partial charge in [-0.05, 0) is 46.5 Å². The van der Waals surface area contributed by atoms with E-state index in [1.165, 1.54) is 6.08 Å². The van der Waals surface area contributed by atoms with Crippen molar-refractivity contribution in [1.82, 2.24) is 5.32 Å². The Morgan fingerprint density at radius 3 is 3.00 bits per heavy atom. The molecule has 0 aromatic carbocycles. The molecule has 17 heavy (non-hydrogen) atoms. The van der Waals surface area contributed by atoms with Gasteiger partial charge in [-0.15, -0.1) is 11.3 Å². The zero-order valence-electron chi connectivity index (χ0n) is 9.65. The first-order valence-corrected chi connectivity index (χ1v) is 7.05. The fourth-order valence-corrected chi connectivity index (χ4v) is 2.56. The molecule has 0 aliphatic heterocycles. The average molecular weight is 318 g/mol. The number of aliphatic hydroxyl groups excluding tert-OH is 1. The van der Waals surface area contributed by atoms with Crippen molar-refractivity contribution in [2.24, 2.45) is 5.92 Å². The number of amides is 1. The van der Waals surface area contributed by atoms with Crippen LogP contribution >= 0.6 is 27.3 Å². The quantitative estimate of drug-likeness (QED) is 0.792. The van der Waals surface area contributed by atoms with Gasteiger partial charge >= 0.3 is 0 Å². The second-order valence-corrected chi connectivity index (χ2v) is 6.33. The van der Waals surface area contributed by atoms with Gasteiger partial charge in [0.25, 0.3) is 0 Å². The number of thiophene rings is 1. The summed E-state index contributed by atoms with van der Waals surface area (Å²) >= 11 is 4.95. The molecule has 0 spiro atoms. The van der Waals surface area contributed by atoms with Crippen molar-refractivity contribution in [3.63, 3.8) is 0 Å². The summed E-state index contributed by atoms with van der Waals surface area (Å²) in [4.78, 5) is 12.5. The highest BCUT2D eigenvalue weighted by Gasteiger charge is 2.02. The maximum atomic E-state index is 11.5. The van der Waals surface area contributed by atoms with Crippen molar-refractivity contribution < 1.29 is 9.90 Å². The van der Waals surface area contributed by atoms with Gasteiger partial charge in [0.2, 0.25) is 5.91 Å². The summed E-state index contributed by atoms with van der Waals surface area (Å²) in [5.74, 6) is 0.201. The predicted molar refractivity (Wildman–Crippen MR) is 74.9 cm³/mol. The molecule has 1 atom stereocenters. The minimum atomic E-state index is -0.0979. The number of nitrogens with one attached hydrogen (secondary N) is 1. The number of rotatable bonds is 6. The molecule has 1 unspecified atom stereocenters. The fraction of sp³-hybridized carbons (Fsp3) is 0.417. The van der Waals surface area contributed by atoms with E-state index in [1.807, 2.05) is 19.1 Å². The van der Waals surface area contributed by atoms with Crippen molar-refractivity contribution in [2.45, 2.75) is 13.3 Å². The van der Waals surface area contributed by atoms with Gasteiger partial charge in [-0.2, -0.15) is 0 Å². The molecule has 0 aliphatic rings. The lowest BCUT2D eigenvalue weighted by atomic mass is 10.1. The van der Waals surface area contributed by atoms with E-state index in [4.69, 9.17) is 5.11 Å². The maximum Gasteiger partial charge on any atom is 0.244 e. The number of hydrogen-bond donors (Lipinski definition) is 2. The summed E-state index contributed by atoms with van der Waals surface area (Å²) in [7, 11) is 0. The van der Waals surface area contributed by atoms with Crippen LogP contribution in [0, 0.1) is 5.92 Å². The molecule has 1 rings (SSSR count). The molecule has 0 bridgehead atoms. The SMILES string of the molecule is CC(CCO)CNC(=O)/C=C/c1ccc(Br)s1. The summed E-state index contributed by atoms with van der Waals surface area (Å²) < 4.78 is 1.05. The monoisotopic (exact) mass is 317 g/mol. The lowest BCUT2D eigenvalue weighted by Gasteiger charge is -2.09. The third kappa shape index (κ3) is 6.00. The van der Waals surface area contributed by atoms with E-state index in [0.717, 1.165) is 8.66 Å². The summed E-state index contributed by atoms with van der Waals surface area (Å²) in [6.45, 7) is 2.75. The van der Waals surface area contributed by atoms with Crippen molar-refractivity contribution >= 4 is 39.2 Å². The summed E-state index contributed by atoms with van der Waals surface area (Å²) in [6.07, 6.45) is 4.03. The van der Waals surface area contributed by atoms with Crippen molar-refractivity contribution in [1.29, 1.82) is 0 Å². The second kappa shape index (κ2) is 7.63. The van der Waals surface area contributed by atoms with Gasteiger partial charge in [0.05, 0.1) is 3.79 Å². The predicted octanol–water partition coefficient (Wildman–Crippen LogP) is 2.66. The Morgan fingerprint density at radius 1 is 1.65 bits per heavy atom. The number of halogens is 1.